The number of nitrogen functional groups attached to an aromatic ring is 1. The first-order valence-corrected chi connectivity index (χ1v) is 12.1. The Bertz CT molecular complexity index is 1150. The van der Waals surface area contributed by atoms with Crippen LogP contribution < -0.4 is 5.73 Å². The summed E-state index contributed by atoms with van der Waals surface area (Å²) in [6, 6.07) is 10.2. The average molecular weight is 454 g/mol. The number of piperidine rings is 1. The molecule has 0 bridgehead atoms. The fraction of sp³-hybridized carbons (Fsp3) is 0.375. The number of aromatic nitrogens is 1. The van der Waals surface area contributed by atoms with Crippen LogP contribution in [0.15, 0.2) is 35.2 Å². The third kappa shape index (κ3) is 4.48. The Morgan fingerprint density at radius 1 is 1.13 bits per heavy atom. The van der Waals surface area contributed by atoms with Crippen molar-refractivity contribution in [3.63, 3.8) is 0 Å². The number of likely N-dealkylation sites (tertiary alicyclic amines) is 1. The summed E-state index contributed by atoms with van der Waals surface area (Å²) >= 11 is 3.40. The predicted octanol–water partition coefficient (Wildman–Crippen LogP) is 5.16. The zero-order chi connectivity index (χ0) is 22.2. The number of carbonyl (C=O) groups excluding carboxylic acids is 2. The first-order chi connectivity index (χ1) is 14.8. The minimum atomic E-state index is 0.0127. The van der Waals surface area contributed by atoms with Gasteiger partial charge in [0.25, 0.3) is 0 Å². The number of nitrogens with zero attached hydrogens (tertiary/aromatic N) is 2. The van der Waals surface area contributed by atoms with Gasteiger partial charge in [0.2, 0.25) is 6.41 Å². The number of thioether (sulfide) groups is 1. The van der Waals surface area contributed by atoms with E-state index in [9.17, 15) is 9.59 Å². The molecule has 1 saturated heterocycles. The number of benzene rings is 1. The second-order valence-electron chi connectivity index (χ2n) is 8.42. The van der Waals surface area contributed by atoms with Crippen LogP contribution in [0.1, 0.15) is 46.4 Å². The van der Waals surface area contributed by atoms with Crippen molar-refractivity contribution in [3.05, 3.63) is 52.7 Å². The number of hydrogen-bond donors (Lipinski definition) is 1. The van der Waals surface area contributed by atoms with Crippen LogP contribution in [-0.2, 0) is 4.79 Å². The molecule has 4 heterocycles. The lowest BCUT2D eigenvalue weighted by molar-refractivity contribution is -0.119. The van der Waals surface area contributed by atoms with Gasteiger partial charge < -0.3 is 10.6 Å². The van der Waals surface area contributed by atoms with Gasteiger partial charge in [0.1, 0.15) is 4.83 Å². The SMILES string of the molecule is Cc1ccc2c(C)c(N)sc2n1.Cc1ccc2c(c1)C(=O)CC1(CCN(C=O)CC1)S2. The Kier molecular flexibility index (Phi) is 6.08. The first-order valence-electron chi connectivity index (χ1n) is 10.4. The van der Waals surface area contributed by atoms with E-state index in [-0.39, 0.29) is 10.5 Å². The fourth-order valence-corrected chi connectivity index (χ4v) is 6.60. The molecule has 2 aromatic heterocycles. The van der Waals surface area contributed by atoms with Crippen LogP contribution in [0.3, 0.4) is 0 Å². The molecule has 1 spiro atoms. The summed E-state index contributed by atoms with van der Waals surface area (Å²) in [4.78, 5) is 31.5. The summed E-state index contributed by atoms with van der Waals surface area (Å²) in [6.45, 7) is 7.58. The van der Waals surface area contributed by atoms with E-state index in [1.807, 2.05) is 44.7 Å². The summed E-state index contributed by atoms with van der Waals surface area (Å²) in [7, 11) is 0. The molecular weight excluding hydrogens is 426 g/mol. The van der Waals surface area contributed by atoms with Crippen LogP contribution in [0.25, 0.3) is 10.2 Å². The highest BCUT2D eigenvalue weighted by molar-refractivity contribution is 8.01. The van der Waals surface area contributed by atoms with Crippen molar-refractivity contribution in [3.8, 4) is 0 Å². The molecule has 7 heteroatoms. The Hall–Kier alpha value is -2.38. The van der Waals surface area contributed by atoms with Crippen molar-refractivity contribution in [1.82, 2.24) is 9.88 Å². The molecule has 1 amide bonds. The number of nitrogens with two attached hydrogens (primary N) is 1. The van der Waals surface area contributed by atoms with E-state index in [1.54, 1.807) is 16.2 Å². The zero-order valence-electron chi connectivity index (χ0n) is 18.1. The van der Waals surface area contributed by atoms with E-state index in [4.69, 9.17) is 5.73 Å². The van der Waals surface area contributed by atoms with E-state index in [0.717, 1.165) is 69.5 Å². The number of ketones is 1. The summed E-state index contributed by atoms with van der Waals surface area (Å²) < 4.78 is 0.0127. The number of hydrogen-bond acceptors (Lipinski definition) is 6. The predicted molar refractivity (Wildman–Crippen MR) is 129 cm³/mol. The highest BCUT2D eigenvalue weighted by atomic mass is 32.2. The van der Waals surface area contributed by atoms with Crippen molar-refractivity contribution >= 4 is 50.5 Å². The third-order valence-corrected chi connectivity index (χ3v) is 8.67. The van der Waals surface area contributed by atoms with E-state index < -0.39 is 0 Å². The fourth-order valence-electron chi connectivity index (χ4n) is 4.13. The van der Waals surface area contributed by atoms with Crippen molar-refractivity contribution in [1.29, 1.82) is 0 Å². The second-order valence-corrected chi connectivity index (χ2v) is 11.0. The molecule has 2 aliphatic heterocycles. The lowest BCUT2D eigenvalue weighted by Gasteiger charge is -2.42. The monoisotopic (exact) mass is 453 g/mol. The van der Waals surface area contributed by atoms with Crippen LogP contribution in [0.2, 0.25) is 0 Å². The van der Waals surface area contributed by atoms with E-state index in [1.165, 1.54) is 5.39 Å². The van der Waals surface area contributed by atoms with E-state index in [2.05, 4.69) is 23.2 Å². The second kappa shape index (κ2) is 8.63. The largest absolute Gasteiger partial charge is 0.390 e. The lowest BCUT2D eigenvalue weighted by atomic mass is 9.88. The van der Waals surface area contributed by atoms with Gasteiger partial charge in [-0.05, 0) is 63.4 Å². The molecule has 0 saturated carbocycles. The van der Waals surface area contributed by atoms with Crippen molar-refractivity contribution in [2.45, 2.75) is 49.7 Å². The number of anilines is 1. The number of rotatable bonds is 1. The van der Waals surface area contributed by atoms with Gasteiger partial charge in [0.05, 0.1) is 5.00 Å². The number of pyridine rings is 1. The highest BCUT2D eigenvalue weighted by Gasteiger charge is 2.41. The standard InChI is InChI=1S/C15H17NO2S.C9H10N2S/c1-11-2-3-14-12(8-11)13(18)9-15(19-14)4-6-16(10-17)7-5-15;1-5-3-4-7-6(2)8(10)12-9(7)11-5/h2-3,8,10H,4-7,9H2,1H3;3-4H,10H2,1-2H3. The molecule has 3 aromatic rings. The maximum atomic E-state index is 12.4. The number of carbonyl (C=O) groups is 2. The van der Waals surface area contributed by atoms with Gasteiger partial charge in [-0.1, -0.05) is 23.0 Å². The lowest BCUT2D eigenvalue weighted by Crippen LogP contribution is -2.44. The molecule has 1 aromatic carbocycles. The number of Topliss-reactive ketones (excluding diaryl/α,β-unsaturated/α-hetero) is 1. The average Bonchev–Trinajstić information content (AvgIpc) is 3.03. The first kappa shape index (κ1) is 21.8. The summed E-state index contributed by atoms with van der Waals surface area (Å²) in [6.07, 6.45) is 3.35. The zero-order valence-corrected chi connectivity index (χ0v) is 19.7. The van der Waals surface area contributed by atoms with Crippen molar-refractivity contribution in [2.75, 3.05) is 18.8 Å². The molecular formula is C24H27N3O2S2. The molecule has 2 N–H and O–H groups in total. The molecule has 0 aliphatic carbocycles. The quantitative estimate of drug-likeness (QED) is 0.515. The van der Waals surface area contributed by atoms with Crippen LogP contribution in [0, 0.1) is 20.8 Å². The van der Waals surface area contributed by atoms with Gasteiger partial charge >= 0.3 is 0 Å². The molecule has 5 rings (SSSR count). The number of fused-ring (bicyclic) bond motifs is 2. The van der Waals surface area contributed by atoms with Gasteiger partial charge in [0, 0.05) is 45.8 Å². The Morgan fingerprint density at radius 3 is 2.58 bits per heavy atom. The van der Waals surface area contributed by atoms with Crippen LogP contribution in [0.4, 0.5) is 5.00 Å². The molecule has 0 unspecified atom stereocenters. The molecule has 162 valence electrons. The van der Waals surface area contributed by atoms with E-state index >= 15 is 0 Å². The number of amides is 1. The Labute approximate surface area is 191 Å². The minimum absolute atomic E-state index is 0.0127. The maximum absolute atomic E-state index is 12.4. The Balaban J connectivity index is 0.000000166. The summed E-state index contributed by atoms with van der Waals surface area (Å²) in [5.41, 5.74) is 10.0. The summed E-state index contributed by atoms with van der Waals surface area (Å²) in [5, 5.41) is 2.06. The van der Waals surface area contributed by atoms with Crippen LogP contribution in [-0.4, -0.2) is 39.9 Å². The molecule has 5 nitrogen and oxygen atoms in total. The van der Waals surface area contributed by atoms with Gasteiger partial charge in [-0.25, -0.2) is 4.98 Å². The van der Waals surface area contributed by atoms with Crippen LogP contribution >= 0.6 is 23.1 Å². The molecule has 0 radical (unpaired) electrons. The van der Waals surface area contributed by atoms with Gasteiger partial charge in [-0.2, -0.15) is 0 Å². The highest BCUT2D eigenvalue weighted by Crippen LogP contribution is 2.48. The smallest absolute Gasteiger partial charge is 0.209 e. The van der Waals surface area contributed by atoms with Crippen LogP contribution in [0.5, 0.6) is 0 Å². The summed E-state index contributed by atoms with van der Waals surface area (Å²) in [5.74, 6) is 0.261. The molecule has 1 fully saturated rings. The van der Waals surface area contributed by atoms with Crippen molar-refractivity contribution < 1.29 is 9.59 Å². The van der Waals surface area contributed by atoms with E-state index in [0.29, 0.717) is 6.42 Å². The number of thiophene rings is 1. The minimum Gasteiger partial charge on any atom is -0.390 e. The molecule has 0 atom stereocenters. The Morgan fingerprint density at radius 2 is 1.87 bits per heavy atom. The normalized spacial score (nSPS) is 17.3. The topological polar surface area (TPSA) is 76.3 Å². The molecule has 31 heavy (non-hydrogen) atoms. The van der Waals surface area contributed by atoms with Gasteiger partial charge in [-0.15, -0.1) is 11.8 Å². The maximum Gasteiger partial charge on any atom is 0.209 e. The van der Waals surface area contributed by atoms with Gasteiger partial charge in [-0.3, -0.25) is 9.59 Å². The third-order valence-electron chi connectivity index (χ3n) is 6.08. The van der Waals surface area contributed by atoms with Crippen molar-refractivity contribution in [2.24, 2.45) is 0 Å². The number of aryl methyl sites for hydroxylation is 3. The van der Waals surface area contributed by atoms with Gasteiger partial charge in [0.15, 0.2) is 5.78 Å². The molecule has 2 aliphatic rings.